The zero-order chi connectivity index (χ0) is 14.0. The van der Waals surface area contributed by atoms with Crippen LogP contribution in [0.25, 0.3) is 0 Å². The maximum absolute atomic E-state index is 13.6. The summed E-state index contributed by atoms with van der Waals surface area (Å²) >= 11 is 11.1. The van der Waals surface area contributed by atoms with Crippen LogP contribution in [0.1, 0.15) is 0 Å². The topological polar surface area (TPSA) is 72.0 Å². The van der Waals surface area contributed by atoms with E-state index < -0.39 is 20.7 Å². The summed E-state index contributed by atoms with van der Waals surface area (Å²) in [6, 6.07) is 3.24. The Morgan fingerprint density at radius 2 is 1.89 bits per heavy atom. The molecule has 1 N–H and O–H groups in total. The molecule has 0 fully saturated rings. The number of aromatic nitrogens is 2. The van der Waals surface area contributed by atoms with E-state index in [1.807, 2.05) is 0 Å². The third-order valence-corrected chi connectivity index (χ3v) is 3.86. The number of rotatable bonds is 3. The molecule has 1 heterocycles. The Bertz CT molecular complexity index is 707. The fourth-order valence-electron chi connectivity index (χ4n) is 1.25. The molecule has 0 aliphatic rings. The molecule has 19 heavy (non-hydrogen) atoms. The largest absolute Gasteiger partial charge is 0.266 e. The van der Waals surface area contributed by atoms with Crippen LogP contribution >= 0.6 is 23.2 Å². The smallest absolute Gasteiger partial charge is 0.262 e. The summed E-state index contributed by atoms with van der Waals surface area (Å²) < 4.78 is 39.5. The molecule has 0 aliphatic carbocycles. The van der Waals surface area contributed by atoms with Gasteiger partial charge < -0.3 is 0 Å². The van der Waals surface area contributed by atoms with Gasteiger partial charge >= 0.3 is 0 Å². The molecular weight excluding hydrogens is 316 g/mol. The van der Waals surface area contributed by atoms with Crippen LogP contribution in [-0.4, -0.2) is 18.4 Å². The van der Waals surface area contributed by atoms with E-state index in [2.05, 4.69) is 14.7 Å². The highest BCUT2D eigenvalue weighted by Crippen LogP contribution is 2.21. The van der Waals surface area contributed by atoms with Crippen molar-refractivity contribution >= 4 is 39.0 Å². The molecule has 9 heteroatoms. The standard InChI is InChI=1S/C10H6Cl2FN3O2S/c11-6-1-2-8(7(13)3-6)19(17,18)16-10-5-14-9(12)4-15-10/h1-5H,(H,15,16). The van der Waals surface area contributed by atoms with E-state index in [1.165, 1.54) is 6.07 Å². The number of hydrogen-bond acceptors (Lipinski definition) is 4. The van der Waals surface area contributed by atoms with Crippen molar-refractivity contribution in [1.29, 1.82) is 0 Å². The summed E-state index contributed by atoms with van der Waals surface area (Å²) in [5, 5.41) is 0.211. The lowest BCUT2D eigenvalue weighted by Gasteiger charge is -2.07. The van der Waals surface area contributed by atoms with Gasteiger partial charge in [0.1, 0.15) is 15.9 Å². The normalized spacial score (nSPS) is 11.3. The molecule has 0 atom stereocenters. The number of anilines is 1. The SMILES string of the molecule is O=S(=O)(Nc1cnc(Cl)cn1)c1ccc(Cl)cc1F. The molecule has 0 radical (unpaired) electrons. The van der Waals surface area contributed by atoms with Gasteiger partial charge in [-0.05, 0) is 18.2 Å². The van der Waals surface area contributed by atoms with Gasteiger partial charge in [-0.2, -0.15) is 0 Å². The molecule has 0 saturated carbocycles. The summed E-state index contributed by atoms with van der Waals surface area (Å²) in [6.45, 7) is 0. The van der Waals surface area contributed by atoms with Crippen LogP contribution in [0, 0.1) is 5.82 Å². The van der Waals surface area contributed by atoms with Crippen LogP contribution in [0.2, 0.25) is 10.2 Å². The number of sulfonamides is 1. The van der Waals surface area contributed by atoms with Crippen molar-refractivity contribution in [2.24, 2.45) is 0 Å². The fourth-order valence-corrected chi connectivity index (χ4v) is 2.56. The van der Waals surface area contributed by atoms with E-state index >= 15 is 0 Å². The lowest BCUT2D eigenvalue weighted by Crippen LogP contribution is -2.15. The Labute approximate surface area is 118 Å². The Morgan fingerprint density at radius 3 is 2.47 bits per heavy atom. The molecule has 100 valence electrons. The van der Waals surface area contributed by atoms with Crippen molar-refractivity contribution in [3.63, 3.8) is 0 Å². The number of halogens is 3. The van der Waals surface area contributed by atoms with E-state index in [1.54, 1.807) is 0 Å². The van der Waals surface area contributed by atoms with Gasteiger partial charge in [-0.3, -0.25) is 4.72 Å². The summed E-state index contributed by atoms with van der Waals surface area (Å²) in [5.74, 6) is -1.03. The van der Waals surface area contributed by atoms with Gasteiger partial charge in [0.05, 0.1) is 12.4 Å². The minimum atomic E-state index is -4.10. The molecular formula is C10H6Cl2FN3O2S. The molecule has 2 rings (SSSR count). The number of nitrogens with one attached hydrogen (secondary N) is 1. The minimum Gasteiger partial charge on any atom is -0.262 e. The van der Waals surface area contributed by atoms with Crippen LogP contribution < -0.4 is 4.72 Å². The molecule has 0 bridgehead atoms. The molecule has 1 aromatic heterocycles. The second kappa shape index (κ2) is 5.28. The zero-order valence-corrected chi connectivity index (χ0v) is 11.5. The number of nitrogens with zero attached hydrogens (tertiary/aromatic N) is 2. The van der Waals surface area contributed by atoms with Crippen molar-refractivity contribution < 1.29 is 12.8 Å². The van der Waals surface area contributed by atoms with Crippen molar-refractivity contribution in [3.05, 3.63) is 46.6 Å². The molecule has 0 unspecified atom stereocenters. The third kappa shape index (κ3) is 3.31. The van der Waals surface area contributed by atoms with Gasteiger partial charge in [0.2, 0.25) is 0 Å². The van der Waals surface area contributed by atoms with Gasteiger partial charge in [-0.25, -0.2) is 22.8 Å². The molecule has 5 nitrogen and oxygen atoms in total. The van der Waals surface area contributed by atoms with Crippen LogP contribution in [0.3, 0.4) is 0 Å². The second-order valence-electron chi connectivity index (χ2n) is 3.40. The van der Waals surface area contributed by atoms with Gasteiger partial charge in [0, 0.05) is 5.02 Å². The first-order valence-electron chi connectivity index (χ1n) is 4.84. The van der Waals surface area contributed by atoms with E-state index in [0.717, 1.165) is 24.5 Å². The van der Waals surface area contributed by atoms with E-state index in [9.17, 15) is 12.8 Å². The summed E-state index contributed by atoms with van der Waals surface area (Å²) in [7, 11) is -4.10. The summed E-state index contributed by atoms with van der Waals surface area (Å²) in [5.41, 5.74) is 0. The monoisotopic (exact) mass is 321 g/mol. The predicted octanol–water partition coefficient (Wildman–Crippen LogP) is 2.72. The summed E-state index contributed by atoms with van der Waals surface area (Å²) in [4.78, 5) is 6.82. The maximum atomic E-state index is 13.6. The first-order valence-corrected chi connectivity index (χ1v) is 7.08. The lowest BCUT2D eigenvalue weighted by molar-refractivity contribution is 0.570. The minimum absolute atomic E-state index is 0.0706. The Hall–Kier alpha value is -1.44. The van der Waals surface area contributed by atoms with Gasteiger partial charge in [0.25, 0.3) is 10.0 Å². The van der Waals surface area contributed by atoms with Crippen molar-refractivity contribution in [2.45, 2.75) is 4.90 Å². The first-order chi connectivity index (χ1) is 8.88. The van der Waals surface area contributed by atoms with Gasteiger partial charge in [-0.1, -0.05) is 23.2 Å². The van der Waals surface area contributed by atoms with Crippen LogP contribution in [0.15, 0.2) is 35.5 Å². The first kappa shape index (κ1) is 14.0. The van der Waals surface area contributed by atoms with E-state index in [-0.39, 0.29) is 16.0 Å². The van der Waals surface area contributed by atoms with E-state index in [4.69, 9.17) is 23.2 Å². The molecule has 0 amide bonds. The van der Waals surface area contributed by atoms with E-state index in [0.29, 0.717) is 0 Å². The van der Waals surface area contributed by atoms with Gasteiger partial charge in [-0.15, -0.1) is 0 Å². The fraction of sp³-hybridized carbons (Fsp3) is 0. The highest BCUT2D eigenvalue weighted by atomic mass is 35.5. The van der Waals surface area contributed by atoms with Crippen molar-refractivity contribution in [3.8, 4) is 0 Å². The quantitative estimate of drug-likeness (QED) is 0.943. The zero-order valence-electron chi connectivity index (χ0n) is 9.14. The van der Waals surface area contributed by atoms with Crippen LogP contribution in [0.4, 0.5) is 10.2 Å². The Balaban J connectivity index is 2.35. The Kier molecular flexibility index (Phi) is 3.88. The molecule has 0 aliphatic heterocycles. The van der Waals surface area contributed by atoms with Crippen LogP contribution in [-0.2, 0) is 10.0 Å². The molecule has 0 spiro atoms. The third-order valence-electron chi connectivity index (χ3n) is 2.04. The lowest BCUT2D eigenvalue weighted by atomic mass is 10.3. The molecule has 2 aromatic rings. The maximum Gasteiger partial charge on any atom is 0.266 e. The van der Waals surface area contributed by atoms with Gasteiger partial charge in [0.15, 0.2) is 5.82 Å². The predicted molar refractivity (Wildman–Crippen MR) is 69.3 cm³/mol. The number of hydrogen-bond donors (Lipinski definition) is 1. The summed E-state index contributed by atoms with van der Waals surface area (Å²) in [6.07, 6.45) is 2.28. The average Bonchev–Trinajstić information content (AvgIpc) is 2.31. The second-order valence-corrected chi connectivity index (χ2v) is 5.88. The Morgan fingerprint density at radius 1 is 1.16 bits per heavy atom. The van der Waals surface area contributed by atoms with Crippen molar-refractivity contribution in [2.75, 3.05) is 4.72 Å². The highest BCUT2D eigenvalue weighted by Gasteiger charge is 2.19. The molecule has 1 aromatic carbocycles. The van der Waals surface area contributed by atoms with Crippen LogP contribution in [0.5, 0.6) is 0 Å². The highest BCUT2D eigenvalue weighted by molar-refractivity contribution is 7.92. The molecule has 0 saturated heterocycles. The average molecular weight is 322 g/mol. The van der Waals surface area contributed by atoms with Crippen molar-refractivity contribution in [1.82, 2.24) is 9.97 Å². The number of benzene rings is 1.